The number of hydrogen-bond donors (Lipinski definition) is 1. The summed E-state index contributed by atoms with van der Waals surface area (Å²) in [6.07, 6.45) is 0. The number of ether oxygens (including phenoxy) is 1. The summed E-state index contributed by atoms with van der Waals surface area (Å²) in [4.78, 5) is 11.7. The summed E-state index contributed by atoms with van der Waals surface area (Å²) in [5.41, 5.74) is 0. The SMILES string of the molecule is CCN(CC)S(=O)(=O)c1ccc(OCC(=O)NCC(C)C)c(Cl)c1. The molecule has 24 heavy (non-hydrogen) atoms. The lowest BCUT2D eigenvalue weighted by molar-refractivity contribution is -0.123. The van der Waals surface area contributed by atoms with Crippen LogP contribution in [0.5, 0.6) is 5.75 Å². The quantitative estimate of drug-likeness (QED) is 0.718. The lowest BCUT2D eigenvalue weighted by atomic mass is 10.2. The first-order valence-electron chi connectivity index (χ1n) is 7.91. The van der Waals surface area contributed by atoms with Crippen molar-refractivity contribution in [3.05, 3.63) is 23.2 Å². The molecule has 0 spiro atoms. The van der Waals surface area contributed by atoms with Gasteiger partial charge >= 0.3 is 0 Å². The molecular formula is C16H25ClN2O4S. The highest BCUT2D eigenvalue weighted by atomic mass is 35.5. The van der Waals surface area contributed by atoms with E-state index in [0.717, 1.165) is 0 Å². The normalized spacial score (nSPS) is 11.8. The van der Waals surface area contributed by atoms with E-state index < -0.39 is 10.0 Å². The molecule has 0 radical (unpaired) electrons. The number of rotatable bonds is 9. The molecule has 0 aliphatic carbocycles. The predicted octanol–water partition coefficient (Wildman–Crippen LogP) is 2.52. The smallest absolute Gasteiger partial charge is 0.257 e. The first-order valence-corrected chi connectivity index (χ1v) is 9.73. The molecule has 0 saturated carbocycles. The summed E-state index contributed by atoms with van der Waals surface area (Å²) < 4.78 is 31.6. The van der Waals surface area contributed by atoms with E-state index in [4.69, 9.17) is 16.3 Å². The zero-order valence-electron chi connectivity index (χ0n) is 14.5. The monoisotopic (exact) mass is 376 g/mol. The number of carbonyl (C=O) groups is 1. The van der Waals surface area contributed by atoms with Gasteiger partial charge in [0.2, 0.25) is 10.0 Å². The molecule has 136 valence electrons. The zero-order chi connectivity index (χ0) is 18.3. The van der Waals surface area contributed by atoms with Crippen LogP contribution < -0.4 is 10.1 Å². The van der Waals surface area contributed by atoms with Gasteiger partial charge < -0.3 is 10.1 Å². The summed E-state index contributed by atoms with van der Waals surface area (Å²) in [5, 5.41) is 2.88. The van der Waals surface area contributed by atoms with Crippen molar-refractivity contribution in [3.63, 3.8) is 0 Å². The Labute approximate surface area is 149 Å². The molecule has 1 rings (SSSR count). The minimum absolute atomic E-state index is 0.104. The van der Waals surface area contributed by atoms with Gasteiger partial charge in [-0.1, -0.05) is 39.3 Å². The lowest BCUT2D eigenvalue weighted by Crippen LogP contribution is -2.32. The number of benzene rings is 1. The van der Waals surface area contributed by atoms with Crippen LogP contribution in [0.1, 0.15) is 27.7 Å². The molecule has 0 aliphatic rings. The van der Waals surface area contributed by atoms with Gasteiger partial charge in [-0.3, -0.25) is 4.79 Å². The van der Waals surface area contributed by atoms with E-state index in [1.165, 1.54) is 22.5 Å². The highest BCUT2D eigenvalue weighted by molar-refractivity contribution is 7.89. The van der Waals surface area contributed by atoms with Gasteiger partial charge in [-0.15, -0.1) is 0 Å². The lowest BCUT2D eigenvalue weighted by Gasteiger charge is -2.19. The fraction of sp³-hybridized carbons (Fsp3) is 0.562. The molecule has 0 aromatic heterocycles. The molecule has 0 atom stereocenters. The number of hydrogen-bond acceptors (Lipinski definition) is 4. The Hall–Kier alpha value is -1.31. The number of nitrogens with zero attached hydrogens (tertiary/aromatic N) is 1. The third kappa shape index (κ3) is 5.65. The number of amides is 1. The summed E-state index contributed by atoms with van der Waals surface area (Å²) in [6, 6.07) is 4.24. The van der Waals surface area contributed by atoms with Crippen molar-refractivity contribution in [2.75, 3.05) is 26.2 Å². The van der Waals surface area contributed by atoms with Crippen LogP contribution in [0, 0.1) is 5.92 Å². The average Bonchev–Trinajstić information content (AvgIpc) is 2.52. The van der Waals surface area contributed by atoms with Crippen LogP contribution in [0.4, 0.5) is 0 Å². The van der Waals surface area contributed by atoms with E-state index in [2.05, 4.69) is 5.32 Å². The number of carbonyl (C=O) groups excluding carboxylic acids is 1. The molecule has 1 aromatic carbocycles. The fourth-order valence-electron chi connectivity index (χ4n) is 1.98. The van der Waals surface area contributed by atoms with Gasteiger partial charge in [-0.25, -0.2) is 8.42 Å². The Morgan fingerprint density at radius 3 is 2.42 bits per heavy atom. The molecule has 0 aliphatic heterocycles. The van der Waals surface area contributed by atoms with E-state index in [9.17, 15) is 13.2 Å². The van der Waals surface area contributed by atoms with Crippen LogP contribution in [0.3, 0.4) is 0 Å². The van der Waals surface area contributed by atoms with Crippen molar-refractivity contribution < 1.29 is 17.9 Å². The maximum absolute atomic E-state index is 12.4. The van der Waals surface area contributed by atoms with E-state index >= 15 is 0 Å². The maximum Gasteiger partial charge on any atom is 0.257 e. The summed E-state index contributed by atoms with van der Waals surface area (Å²) in [5.74, 6) is 0.372. The van der Waals surface area contributed by atoms with Crippen LogP contribution in [0.15, 0.2) is 23.1 Å². The second-order valence-corrected chi connectivity index (χ2v) is 8.01. The number of halogens is 1. The molecule has 0 bridgehead atoms. The molecule has 1 aromatic rings. The predicted molar refractivity (Wildman–Crippen MR) is 94.9 cm³/mol. The standard InChI is InChI=1S/C16H25ClN2O4S/c1-5-19(6-2)24(21,22)13-7-8-15(14(17)9-13)23-11-16(20)18-10-12(3)4/h7-9,12H,5-6,10-11H2,1-4H3,(H,18,20). The second-order valence-electron chi connectivity index (χ2n) is 5.67. The fourth-order valence-corrected chi connectivity index (χ4v) is 3.77. The van der Waals surface area contributed by atoms with Crippen molar-refractivity contribution in [2.24, 2.45) is 5.92 Å². The highest BCUT2D eigenvalue weighted by Gasteiger charge is 2.22. The van der Waals surface area contributed by atoms with Crippen molar-refractivity contribution >= 4 is 27.5 Å². The minimum atomic E-state index is -3.58. The summed E-state index contributed by atoms with van der Waals surface area (Å²) in [7, 11) is -3.58. The van der Waals surface area contributed by atoms with Gasteiger partial charge in [0.05, 0.1) is 9.92 Å². The first-order chi connectivity index (χ1) is 11.2. The van der Waals surface area contributed by atoms with E-state index in [-0.39, 0.29) is 28.2 Å². The maximum atomic E-state index is 12.4. The first kappa shape index (κ1) is 20.7. The summed E-state index contributed by atoms with van der Waals surface area (Å²) >= 11 is 6.10. The van der Waals surface area contributed by atoms with E-state index in [1.54, 1.807) is 13.8 Å². The third-order valence-electron chi connectivity index (χ3n) is 3.31. The minimum Gasteiger partial charge on any atom is -0.482 e. The average molecular weight is 377 g/mol. The number of sulfonamides is 1. The molecule has 0 saturated heterocycles. The van der Waals surface area contributed by atoms with Crippen molar-refractivity contribution in [2.45, 2.75) is 32.6 Å². The summed E-state index contributed by atoms with van der Waals surface area (Å²) in [6.45, 7) is 8.69. The Morgan fingerprint density at radius 2 is 1.92 bits per heavy atom. The van der Waals surface area contributed by atoms with Crippen LogP contribution in [0.25, 0.3) is 0 Å². The number of nitrogens with one attached hydrogen (secondary N) is 1. The molecule has 1 N–H and O–H groups in total. The Morgan fingerprint density at radius 1 is 1.29 bits per heavy atom. The molecule has 6 nitrogen and oxygen atoms in total. The van der Waals surface area contributed by atoms with E-state index in [1.807, 2.05) is 13.8 Å². The molecule has 8 heteroatoms. The molecule has 0 heterocycles. The zero-order valence-corrected chi connectivity index (χ0v) is 16.1. The van der Waals surface area contributed by atoms with Gasteiger partial charge in [-0.05, 0) is 24.1 Å². The van der Waals surface area contributed by atoms with Crippen molar-refractivity contribution in [1.82, 2.24) is 9.62 Å². The van der Waals surface area contributed by atoms with Gasteiger partial charge in [0, 0.05) is 19.6 Å². The van der Waals surface area contributed by atoms with Gasteiger partial charge in [-0.2, -0.15) is 4.31 Å². The Bertz CT molecular complexity index is 658. The largest absolute Gasteiger partial charge is 0.482 e. The topological polar surface area (TPSA) is 75.7 Å². The van der Waals surface area contributed by atoms with Crippen LogP contribution in [-0.4, -0.2) is 44.9 Å². The van der Waals surface area contributed by atoms with Crippen molar-refractivity contribution in [1.29, 1.82) is 0 Å². The highest BCUT2D eigenvalue weighted by Crippen LogP contribution is 2.28. The molecule has 0 unspecified atom stereocenters. The van der Waals surface area contributed by atoms with Gasteiger partial charge in [0.1, 0.15) is 5.75 Å². The molecule has 0 fully saturated rings. The van der Waals surface area contributed by atoms with E-state index in [0.29, 0.717) is 25.6 Å². The Balaban J connectivity index is 2.80. The molecule has 1 amide bonds. The third-order valence-corrected chi connectivity index (χ3v) is 5.65. The van der Waals surface area contributed by atoms with Gasteiger partial charge in [0.25, 0.3) is 5.91 Å². The second kappa shape index (κ2) is 9.25. The molecular weight excluding hydrogens is 352 g/mol. The van der Waals surface area contributed by atoms with Crippen molar-refractivity contribution in [3.8, 4) is 5.75 Å². The van der Waals surface area contributed by atoms with Crippen LogP contribution in [0.2, 0.25) is 5.02 Å². The van der Waals surface area contributed by atoms with Crippen LogP contribution in [-0.2, 0) is 14.8 Å². The van der Waals surface area contributed by atoms with Crippen LogP contribution >= 0.6 is 11.6 Å². The van der Waals surface area contributed by atoms with Gasteiger partial charge in [0.15, 0.2) is 6.61 Å². The Kier molecular flexibility index (Phi) is 7.99.